The lowest BCUT2D eigenvalue weighted by atomic mass is 10.0. The van der Waals surface area contributed by atoms with Gasteiger partial charge in [0.2, 0.25) is 0 Å². The van der Waals surface area contributed by atoms with Crippen molar-refractivity contribution in [1.82, 2.24) is 0 Å². The minimum atomic E-state index is -0.0830. The van der Waals surface area contributed by atoms with E-state index in [1.54, 1.807) is 0 Å². The molecular formula is C15H26Cl6. The highest BCUT2D eigenvalue weighted by Crippen LogP contribution is 2.27. The molecule has 0 amide bonds. The molecule has 0 bridgehead atoms. The summed E-state index contributed by atoms with van der Waals surface area (Å²) in [6.07, 6.45) is 5.97. The van der Waals surface area contributed by atoms with Gasteiger partial charge >= 0.3 is 0 Å². The van der Waals surface area contributed by atoms with Gasteiger partial charge < -0.3 is 0 Å². The van der Waals surface area contributed by atoms with E-state index in [4.69, 9.17) is 69.6 Å². The molecule has 6 unspecified atom stereocenters. The van der Waals surface area contributed by atoms with Crippen molar-refractivity contribution in [3.8, 4) is 0 Å². The fourth-order valence-electron chi connectivity index (χ4n) is 2.06. The molecule has 0 saturated carbocycles. The molecule has 0 saturated heterocycles. The van der Waals surface area contributed by atoms with Crippen molar-refractivity contribution in [3.63, 3.8) is 0 Å². The molecule has 6 atom stereocenters. The zero-order valence-corrected chi connectivity index (χ0v) is 17.2. The van der Waals surface area contributed by atoms with E-state index in [1.165, 1.54) is 0 Å². The number of alkyl halides is 6. The van der Waals surface area contributed by atoms with E-state index < -0.39 is 0 Å². The first-order valence-corrected chi connectivity index (χ1v) is 10.3. The Hall–Kier alpha value is 1.74. The van der Waals surface area contributed by atoms with Crippen molar-refractivity contribution in [2.75, 3.05) is 0 Å². The highest BCUT2D eigenvalue weighted by Gasteiger charge is 2.22. The quantitative estimate of drug-likeness (QED) is 0.289. The van der Waals surface area contributed by atoms with Crippen LogP contribution in [0.25, 0.3) is 0 Å². The third-order valence-electron chi connectivity index (χ3n) is 3.64. The van der Waals surface area contributed by atoms with Gasteiger partial charge in [0.05, 0.1) is 0 Å². The normalized spacial score (nSPS) is 20.6. The van der Waals surface area contributed by atoms with E-state index in [9.17, 15) is 0 Å². The average molecular weight is 419 g/mol. The Morgan fingerprint density at radius 1 is 0.476 bits per heavy atom. The van der Waals surface area contributed by atoms with E-state index in [-0.39, 0.29) is 32.3 Å². The fraction of sp³-hybridized carbons (Fsp3) is 1.00. The van der Waals surface area contributed by atoms with Gasteiger partial charge in [-0.15, -0.1) is 69.6 Å². The van der Waals surface area contributed by atoms with E-state index in [1.807, 2.05) is 13.8 Å². The molecule has 0 rings (SSSR count). The van der Waals surface area contributed by atoms with Crippen LogP contribution in [0, 0.1) is 0 Å². The minimum Gasteiger partial charge on any atom is -0.121 e. The maximum atomic E-state index is 6.34. The van der Waals surface area contributed by atoms with E-state index in [0.29, 0.717) is 0 Å². The first kappa shape index (κ1) is 22.7. The largest absolute Gasteiger partial charge is 0.121 e. The summed E-state index contributed by atoms with van der Waals surface area (Å²) in [5, 5.41) is -0.167. The molecule has 0 nitrogen and oxygen atoms in total. The predicted octanol–water partition coefficient (Wildman–Crippen LogP) is 7.40. The van der Waals surface area contributed by atoms with Gasteiger partial charge in [-0.25, -0.2) is 0 Å². The van der Waals surface area contributed by atoms with Crippen LogP contribution in [-0.4, -0.2) is 32.3 Å². The van der Waals surface area contributed by atoms with E-state index in [2.05, 4.69) is 0 Å². The van der Waals surface area contributed by atoms with Gasteiger partial charge in [-0.3, -0.25) is 0 Å². The van der Waals surface area contributed by atoms with Crippen LogP contribution in [0.5, 0.6) is 0 Å². The zero-order valence-electron chi connectivity index (χ0n) is 12.7. The molecular weight excluding hydrogens is 393 g/mol. The van der Waals surface area contributed by atoms with Gasteiger partial charge in [0.1, 0.15) is 0 Å². The number of rotatable bonds is 12. The lowest BCUT2D eigenvalue weighted by Gasteiger charge is -2.20. The smallest absolute Gasteiger partial charge is 0.0500 e. The number of hydrogen-bond donors (Lipinski definition) is 0. The van der Waals surface area contributed by atoms with Gasteiger partial charge in [0.15, 0.2) is 0 Å². The molecule has 0 N–H and O–H groups in total. The van der Waals surface area contributed by atoms with Gasteiger partial charge in [-0.2, -0.15) is 0 Å². The first-order valence-electron chi connectivity index (χ1n) is 7.67. The molecule has 0 aliphatic carbocycles. The first-order chi connectivity index (χ1) is 9.83. The fourth-order valence-corrected chi connectivity index (χ4v) is 3.48. The SMILES string of the molecule is CCC(Cl)C(Cl)CCCC(Cl)C(Cl)CCC(Cl)C(Cl)CC. The van der Waals surface area contributed by atoms with Crippen molar-refractivity contribution in [2.45, 2.75) is 91.1 Å². The Morgan fingerprint density at radius 2 is 0.762 bits per heavy atom. The molecule has 0 aromatic carbocycles. The minimum absolute atomic E-state index is 0.00286. The Balaban J connectivity index is 3.87. The topological polar surface area (TPSA) is 0 Å². The maximum Gasteiger partial charge on any atom is 0.0500 e. The number of hydrogen-bond acceptors (Lipinski definition) is 0. The summed E-state index contributed by atoms with van der Waals surface area (Å²) in [6.45, 7) is 4.06. The van der Waals surface area contributed by atoms with Crippen LogP contribution >= 0.6 is 69.6 Å². The van der Waals surface area contributed by atoms with E-state index >= 15 is 0 Å². The Labute approximate surface area is 160 Å². The van der Waals surface area contributed by atoms with Crippen LogP contribution < -0.4 is 0 Å². The van der Waals surface area contributed by atoms with E-state index in [0.717, 1.165) is 44.9 Å². The summed E-state index contributed by atoms with van der Waals surface area (Å²) in [5.74, 6) is 0. The van der Waals surface area contributed by atoms with Gasteiger partial charge in [-0.1, -0.05) is 20.3 Å². The third-order valence-corrected chi connectivity index (χ3v) is 7.34. The zero-order chi connectivity index (χ0) is 16.4. The molecule has 0 spiro atoms. The predicted molar refractivity (Wildman–Crippen MR) is 102 cm³/mol. The summed E-state index contributed by atoms with van der Waals surface area (Å²) in [4.78, 5) is 0. The summed E-state index contributed by atoms with van der Waals surface area (Å²) in [5.41, 5.74) is 0. The Bertz CT molecular complexity index is 250. The Morgan fingerprint density at radius 3 is 1.14 bits per heavy atom. The molecule has 0 aliphatic heterocycles. The number of halogens is 6. The summed E-state index contributed by atoms with van der Waals surface area (Å²) >= 11 is 37.3. The van der Waals surface area contributed by atoms with Crippen molar-refractivity contribution < 1.29 is 0 Å². The summed E-state index contributed by atoms with van der Waals surface area (Å²) in [7, 11) is 0. The van der Waals surface area contributed by atoms with Crippen LogP contribution in [0.3, 0.4) is 0 Å². The van der Waals surface area contributed by atoms with Crippen LogP contribution in [0.2, 0.25) is 0 Å². The highest BCUT2D eigenvalue weighted by atomic mass is 35.5. The standard InChI is InChI=1S/C15H26Cl6/c1-3-10(16)12(18)6-5-7-13(19)15(21)9-8-14(20)11(17)4-2/h10-15H,3-9H2,1-2H3. The lowest BCUT2D eigenvalue weighted by Crippen LogP contribution is -2.21. The second kappa shape index (κ2) is 13.1. The second-order valence-electron chi connectivity index (χ2n) is 5.42. The van der Waals surface area contributed by atoms with Crippen molar-refractivity contribution in [1.29, 1.82) is 0 Å². The molecule has 0 aliphatic rings. The molecule has 0 heterocycles. The Kier molecular flexibility index (Phi) is 14.2. The summed E-state index contributed by atoms with van der Waals surface area (Å²) in [6, 6.07) is 0. The van der Waals surface area contributed by atoms with Crippen molar-refractivity contribution in [2.24, 2.45) is 0 Å². The maximum absolute atomic E-state index is 6.34. The molecule has 0 fully saturated rings. The molecule has 0 radical (unpaired) electrons. The third kappa shape index (κ3) is 10.3. The molecule has 6 heteroatoms. The average Bonchev–Trinajstić information content (AvgIpc) is 2.49. The second-order valence-corrected chi connectivity index (χ2v) is 8.78. The van der Waals surface area contributed by atoms with Crippen LogP contribution in [-0.2, 0) is 0 Å². The molecule has 21 heavy (non-hydrogen) atoms. The molecule has 0 aromatic heterocycles. The molecule has 128 valence electrons. The summed E-state index contributed by atoms with van der Waals surface area (Å²) < 4.78 is 0. The lowest BCUT2D eigenvalue weighted by molar-refractivity contribution is 0.560. The van der Waals surface area contributed by atoms with Crippen LogP contribution in [0.1, 0.15) is 58.8 Å². The van der Waals surface area contributed by atoms with Gasteiger partial charge in [0.25, 0.3) is 0 Å². The van der Waals surface area contributed by atoms with Crippen molar-refractivity contribution >= 4 is 69.6 Å². The van der Waals surface area contributed by atoms with Gasteiger partial charge in [0, 0.05) is 32.3 Å². The van der Waals surface area contributed by atoms with Crippen molar-refractivity contribution in [3.05, 3.63) is 0 Å². The van der Waals surface area contributed by atoms with Gasteiger partial charge in [-0.05, 0) is 38.5 Å². The van der Waals surface area contributed by atoms with Crippen LogP contribution in [0.15, 0.2) is 0 Å². The molecule has 0 aromatic rings. The van der Waals surface area contributed by atoms with Crippen LogP contribution in [0.4, 0.5) is 0 Å². The monoisotopic (exact) mass is 416 g/mol. The highest BCUT2D eigenvalue weighted by molar-refractivity contribution is 6.31.